The summed E-state index contributed by atoms with van der Waals surface area (Å²) in [7, 11) is 0. The molecule has 0 aromatic heterocycles. The van der Waals surface area contributed by atoms with Crippen molar-refractivity contribution in [2.24, 2.45) is 0 Å². The molecule has 0 spiro atoms. The van der Waals surface area contributed by atoms with Crippen LogP contribution in [0.3, 0.4) is 0 Å². The number of carbonyl (C=O) groups excluding carboxylic acids is 1. The highest BCUT2D eigenvalue weighted by Gasteiger charge is 2.33. The van der Waals surface area contributed by atoms with Gasteiger partial charge in [-0.15, -0.1) is 0 Å². The van der Waals surface area contributed by atoms with Crippen LogP contribution in [0.2, 0.25) is 0 Å². The topological polar surface area (TPSA) is 54.0 Å². The lowest BCUT2D eigenvalue weighted by Crippen LogP contribution is -2.31. The van der Waals surface area contributed by atoms with Gasteiger partial charge in [-0.05, 0) is 71.6 Å². The van der Waals surface area contributed by atoms with Crippen LogP contribution in [0.15, 0.2) is 60.8 Å². The Labute approximate surface area is 213 Å². The minimum atomic E-state index is -0.608. The highest BCUT2D eigenvalue weighted by Crippen LogP contribution is 2.22. The largest absolute Gasteiger partial charge is 0.461 e. The predicted octanol–water partition coefficient (Wildman–Crippen LogP) is 7.40. The Kier molecular flexibility index (Phi) is 18.0. The number of rotatable bonds is 19. The highest BCUT2D eigenvalue weighted by molar-refractivity contribution is 5.74. The number of carbonyl (C=O) groups is 1. The van der Waals surface area contributed by atoms with Crippen LogP contribution in [-0.2, 0) is 23.7 Å². The summed E-state index contributed by atoms with van der Waals surface area (Å²) >= 11 is 0. The monoisotopic (exact) mass is 488 g/mol. The van der Waals surface area contributed by atoms with E-state index >= 15 is 0 Å². The summed E-state index contributed by atoms with van der Waals surface area (Å²) < 4.78 is 22.3. The number of unbranched alkanes of at least 4 members (excludes halogenated alkanes) is 2. The van der Waals surface area contributed by atoms with Crippen LogP contribution in [0.4, 0.5) is 0 Å². The molecular weight excluding hydrogens is 440 g/mol. The Balaban J connectivity index is 2.00. The standard InChI is InChI=1S/C30H48O5/c1-5-7-8-9-10-11-12-13-14-15-16-17-18-19-20-21-22-23-24-32-28(6-2)29(31)33-25-27-26-34-30(3,4)35-27/h7-8,10-11,13-14,16-17,19-20,27-28H,5-6,9,12,15,18,21-26H2,1-4H3/b8-7-,11-10-,14-13-,17-16-,20-19-. The van der Waals surface area contributed by atoms with Gasteiger partial charge in [-0.2, -0.15) is 0 Å². The molecule has 0 bridgehead atoms. The fourth-order valence-corrected chi connectivity index (χ4v) is 3.42. The summed E-state index contributed by atoms with van der Waals surface area (Å²) in [5.74, 6) is -0.929. The molecular formula is C30H48O5. The lowest BCUT2D eigenvalue weighted by molar-refractivity contribution is -0.167. The first-order chi connectivity index (χ1) is 17.0. The average Bonchev–Trinajstić information content (AvgIpc) is 3.20. The van der Waals surface area contributed by atoms with E-state index in [9.17, 15) is 4.79 Å². The minimum absolute atomic E-state index is 0.201. The summed E-state index contributed by atoms with van der Waals surface area (Å²) in [5.41, 5.74) is 0. The molecule has 1 aliphatic rings. The third kappa shape index (κ3) is 17.2. The minimum Gasteiger partial charge on any atom is -0.461 e. The van der Waals surface area contributed by atoms with Gasteiger partial charge in [-0.1, -0.05) is 74.6 Å². The number of allylic oxidation sites excluding steroid dienone is 10. The Morgan fingerprint density at radius 1 is 0.886 bits per heavy atom. The second-order valence-electron chi connectivity index (χ2n) is 9.05. The second kappa shape index (κ2) is 20.3. The molecule has 0 aliphatic carbocycles. The van der Waals surface area contributed by atoms with E-state index in [-0.39, 0.29) is 18.7 Å². The number of esters is 1. The molecule has 0 N–H and O–H groups in total. The van der Waals surface area contributed by atoms with Crippen molar-refractivity contribution in [3.63, 3.8) is 0 Å². The Morgan fingerprint density at radius 3 is 1.97 bits per heavy atom. The van der Waals surface area contributed by atoms with E-state index in [1.165, 1.54) is 0 Å². The maximum Gasteiger partial charge on any atom is 0.335 e. The molecule has 1 saturated heterocycles. The van der Waals surface area contributed by atoms with Crippen molar-refractivity contribution in [2.45, 2.75) is 103 Å². The van der Waals surface area contributed by atoms with E-state index < -0.39 is 11.9 Å². The first kappa shape index (κ1) is 31.1. The van der Waals surface area contributed by atoms with E-state index in [4.69, 9.17) is 18.9 Å². The SMILES string of the molecule is CC/C=C\C/C=C\C/C=C\C/C=C\C/C=C\CCCCOC(CC)C(=O)OCC1COC(C)(C)O1. The van der Waals surface area contributed by atoms with Crippen LogP contribution >= 0.6 is 0 Å². The van der Waals surface area contributed by atoms with Gasteiger partial charge in [0.1, 0.15) is 12.7 Å². The van der Waals surface area contributed by atoms with Gasteiger partial charge < -0.3 is 18.9 Å². The van der Waals surface area contributed by atoms with E-state index in [1.54, 1.807) is 0 Å². The molecule has 0 aromatic carbocycles. The normalized spacial score (nSPS) is 19.3. The summed E-state index contributed by atoms with van der Waals surface area (Å²) in [6, 6.07) is 0. The first-order valence-electron chi connectivity index (χ1n) is 13.3. The molecule has 5 nitrogen and oxygen atoms in total. The molecule has 0 amide bonds. The predicted molar refractivity (Wildman–Crippen MR) is 144 cm³/mol. The van der Waals surface area contributed by atoms with Gasteiger partial charge in [-0.25, -0.2) is 4.79 Å². The Bertz CT molecular complexity index is 687. The van der Waals surface area contributed by atoms with Gasteiger partial charge in [0.15, 0.2) is 11.9 Å². The molecule has 2 unspecified atom stereocenters. The Morgan fingerprint density at radius 2 is 1.46 bits per heavy atom. The molecule has 1 fully saturated rings. The molecule has 1 aliphatic heterocycles. The zero-order valence-corrected chi connectivity index (χ0v) is 22.5. The van der Waals surface area contributed by atoms with Crippen molar-refractivity contribution in [3.8, 4) is 0 Å². The van der Waals surface area contributed by atoms with Crippen molar-refractivity contribution in [1.29, 1.82) is 0 Å². The fraction of sp³-hybridized carbons (Fsp3) is 0.633. The molecule has 5 heteroatoms. The van der Waals surface area contributed by atoms with Crippen molar-refractivity contribution in [2.75, 3.05) is 19.8 Å². The van der Waals surface area contributed by atoms with Gasteiger partial charge >= 0.3 is 5.97 Å². The van der Waals surface area contributed by atoms with Crippen LogP contribution in [0.1, 0.15) is 85.5 Å². The van der Waals surface area contributed by atoms with Crippen LogP contribution < -0.4 is 0 Å². The number of hydrogen-bond acceptors (Lipinski definition) is 5. The number of hydrogen-bond donors (Lipinski definition) is 0. The van der Waals surface area contributed by atoms with Crippen LogP contribution in [0, 0.1) is 0 Å². The highest BCUT2D eigenvalue weighted by atomic mass is 16.7. The quantitative estimate of drug-likeness (QED) is 0.108. The zero-order valence-electron chi connectivity index (χ0n) is 22.5. The van der Waals surface area contributed by atoms with Gasteiger partial charge in [-0.3, -0.25) is 0 Å². The van der Waals surface area contributed by atoms with E-state index in [0.29, 0.717) is 19.6 Å². The molecule has 0 radical (unpaired) electrons. The summed E-state index contributed by atoms with van der Waals surface area (Å²) in [6.45, 7) is 8.99. The van der Waals surface area contributed by atoms with Gasteiger partial charge in [0, 0.05) is 6.61 Å². The van der Waals surface area contributed by atoms with Gasteiger partial charge in [0.25, 0.3) is 0 Å². The summed E-state index contributed by atoms with van der Waals surface area (Å²) in [4.78, 5) is 12.2. The molecule has 198 valence electrons. The smallest absolute Gasteiger partial charge is 0.335 e. The van der Waals surface area contributed by atoms with E-state index in [2.05, 4.69) is 67.7 Å². The van der Waals surface area contributed by atoms with Crippen molar-refractivity contribution in [3.05, 3.63) is 60.8 Å². The first-order valence-corrected chi connectivity index (χ1v) is 13.3. The third-order valence-corrected chi connectivity index (χ3v) is 5.35. The van der Waals surface area contributed by atoms with Crippen molar-refractivity contribution in [1.82, 2.24) is 0 Å². The van der Waals surface area contributed by atoms with Crippen LogP contribution in [0.25, 0.3) is 0 Å². The van der Waals surface area contributed by atoms with Crippen molar-refractivity contribution >= 4 is 5.97 Å². The molecule has 35 heavy (non-hydrogen) atoms. The summed E-state index contributed by atoms with van der Waals surface area (Å²) in [6.07, 6.45) is 30.0. The van der Waals surface area contributed by atoms with Crippen LogP contribution in [0.5, 0.6) is 0 Å². The maximum atomic E-state index is 12.2. The second-order valence-corrected chi connectivity index (χ2v) is 9.05. The Hall–Kier alpha value is -1.95. The van der Waals surface area contributed by atoms with Crippen molar-refractivity contribution < 1.29 is 23.7 Å². The van der Waals surface area contributed by atoms with Crippen LogP contribution in [-0.4, -0.2) is 43.8 Å². The molecule has 1 rings (SSSR count). The lowest BCUT2D eigenvalue weighted by Gasteiger charge is -2.18. The lowest BCUT2D eigenvalue weighted by atomic mass is 10.2. The van der Waals surface area contributed by atoms with Gasteiger partial charge in [0.2, 0.25) is 0 Å². The number of ether oxygens (including phenoxy) is 4. The molecule has 0 aromatic rings. The van der Waals surface area contributed by atoms with E-state index in [0.717, 1.165) is 51.4 Å². The third-order valence-electron chi connectivity index (χ3n) is 5.35. The fourth-order valence-electron chi connectivity index (χ4n) is 3.42. The molecule has 1 heterocycles. The summed E-state index contributed by atoms with van der Waals surface area (Å²) in [5, 5.41) is 0. The van der Waals surface area contributed by atoms with Gasteiger partial charge in [0.05, 0.1) is 6.61 Å². The zero-order chi connectivity index (χ0) is 25.6. The maximum absolute atomic E-state index is 12.2. The molecule has 0 saturated carbocycles. The average molecular weight is 489 g/mol. The molecule has 2 atom stereocenters. The van der Waals surface area contributed by atoms with E-state index in [1.807, 2.05) is 20.8 Å².